The summed E-state index contributed by atoms with van der Waals surface area (Å²) >= 11 is 0. The maximum absolute atomic E-state index is 5.50. The largest absolute Gasteiger partial charge is 0.399 e. The van der Waals surface area contributed by atoms with Gasteiger partial charge in [-0.1, -0.05) is 0 Å². The van der Waals surface area contributed by atoms with Crippen molar-refractivity contribution in [3.8, 4) is 0 Å². The molecule has 2 aliphatic rings. The Kier molecular flexibility index (Phi) is 0.943. The molecule has 0 aromatic rings. The predicted octanol–water partition coefficient (Wildman–Crippen LogP) is -0.0405. The highest BCUT2D eigenvalue weighted by atomic mass is 16.7. The summed E-state index contributed by atoms with van der Waals surface area (Å²) in [5.41, 5.74) is 6.21. The van der Waals surface area contributed by atoms with Crippen LogP contribution in [0.4, 0.5) is 0 Å². The Morgan fingerprint density at radius 3 is 3.50 bits per heavy atom. The molecule has 0 unspecified atom stereocenters. The van der Waals surface area contributed by atoms with Crippen LogP contribution in [0.25, 0.3) is 0 Å². The van der Waals surface area contributed by atoms with E-state index in [1.165, 1.54) is 0 Å². The molecule has 2 rings (SSSR count). The van der Waals surface area contributed by atoms with Crippen molar-refractivity contribution < 1.29 is 4.84 Å². The third-order valence-electron chi connectivity index (χ3n) is 1.35. The fourth-order valence-corrected chi connectivity index (χ4v) is 0.883. The van der Waals surface area contributed by atoms with Gasteiger partial charge < -0.3 is 10.6 Å². The number of hydrogen-bond donors (Lipinski definition) is 1. The lowest BCUT2D eigenvalue weighted by molar-refractivity contribution is -0.0129. The molecule has 0 aromatic carbocycles. The van der Waals surface area contributed by atoms with Crippen molar-refractivity contribution >= 4 is 5.84 Å². The van der Waals surface area contributed by atoms with E-state index in [-0.39, 0.29) is 0 Å². The van der Waals surface area contributed by atoms with Crippen LogP contribution in [-0.4, -0.2) is 17.4 Å². The van der Waals surface area contributed by atoms with Crippen molar-refractivity contribution in [3.05, 3.63) is 24.2 Å². The van der Waals surface area contributed by atoms with E-state index in [4.69, 9.17) is 10.6 Å². The normalized spacial score (nSPS) is 21.4. The lowest BCUT2D eigenvalue weighted by atomic mass is 10.4. The number of aliphatic imine (C=N–C) groups is 1. The molecular weight excluding hydrogens is 130 g/mol. The minimum Gasteiger partial charge on any atom is -0.399 e. The third kappa shape index (κ3) is 0.655. The first kappa shape index (κ1) is 5.34. The lowest BCUT2D eigenvalue weighted by Crippen LogP contribution is -2.30. The van der Waals surface area contributed by atoms with Crippen molar-refractivity contribution in [2.24, 2.45) is 10.7 Å². The first-order chi connectivity index (χ1) is 4.86. The maximum atomic E-state index is 5.50. The lowest BCUT2D eigenvalue weighted by Gasteiger charge is -2.19. The van der Waals surface area contributed by atoms with Gasteiger partial charge in [0.2, 0.25) is 0 Å². The fraction of sp³-hybridized carbons (Fsp3) is 0.167. The Balaban J connectivity index is 2.30. The molecule has 52 valence electrons. The molecule has 4 nitrogen and oxygen atoms in total. The summed E-state index contributed by atoms with van der Waals surface area (Å²) in [6.07, 6.45) is 5.03. The monoisotopic (exact) mass is 137 g/mol. The second kappa shape index (κ2) is 1.76. The second-order valence-electron chi connectivity index (χ2n) is 2.14. The van der Waals surface area contributed by atoms with Crippen molar-refractivity contribution in [1.29, 1.82) is 0 Å². The van der Waals surface area contributed by atoms with Gasteiger partial charge in [0, 0.05) is 6.08 Å². The predicted molar refractivity (Wildman–Crippen MR) is 36.6 cm³/mol. The molecule has 0 bridgehead atoms. The van der Waals surface area contributed by atoms with Crippen LogP contribution in [0.15, 0.2) is 29.2 Å². The van der Waals surface area contributed by atoms with Crippen LogP contribution < -0.4 is 5.73 Å². The van der Waals surface area contributed by atoms with Gasteiger partial charge in [0.1, 0.15) is 6.26 Å². The first-order valence-electron chi connectivity index (χ1n) is 2.99. The Bertz CT molecular complexity index is 241. The zero-order valence-electron chi connectivity index (χ0n) is 5.32. The summed E-state index contributed by atoms with van der Waals surface area (Å²) in [5.74, 6) is 0.814. The van der Waals surface area contributed by atoms with Gasteiger partial charge in [0.05, 0.1) is 18.4 Å². The Morgan fingerprint density at radius 1 is 1.70 bits per heavy atom. The molecule has 0 atom stereocenters. The summed E-state index contributed by atoms with van der Waals surface area (Å²) in [5, 5.41) is 1.63. The first-order valence-corrected chi connectivity index (χ1v) is 2.99. The van der Waals surface area contributed by atoms with Gasteiger partial charge in [-0.3, -0.25) is 0 Å². The van der Waals surface area contributed by atoms with Crippen LogP contribution in [0.5, 0.6) is 0 Å². The molecular formula is C6H7N3O. The molecule has 0 aliphatic carbocycles. The van der Waals surface area contributed by atoms with Gasteiger partial charge in [0.25, 0.3) is 0 Å². The molecule has 0 saturated carbocycles. The van der Waals surface area contributed by atoms with Gasteiger partial charge >= 0.3 is 0 Å². The van der Waals surface area contributed by atoms with Crippen molar-refractivity contribution in [2.75, 3.05) is 6.54 Å². The number of nitrogens with two attached hydrogens (primary N) is 1. The topological polar surface area (TPSA) is 50.9 Å². The van der Waals surface area contributed by atoms with Gasteiger partial charge in [-0.15, -0.1) is 0 Å². The molecule has 0 radical (unpaired) electrons. The highest BCUT2D eigenvalue weighted by Gasteiger charge is 2.17. The molecule has 0 fully saturated rings. The number of hydrogen-bond acceptors (Lipinski definition) is 4. The molecule has 2 aliphatic heterocycles. The summed E-state index contributed by atoms with van der Waals surface area (Å²) in [6, 6.07) is 0. The number of hydroxylamine groups is 2. The van der Waals surface area contributed by atoms with Gasteiger partial charge in [-0.05, 0) is 0 Å². The highest BCUT2D eigenvalue weighted by Crippen LogP contribution is 2.10. The number of amidine groups is 1. The summed E-state index contributed by atoms with van der Waals surface area (Å²) in [4.78, 5) is 9.04. The smallest absolute Gasteiger partial charge is 0.166 e. The molecule has 0 spiro atoms. The standard InChI is InChI=1S/C6H7N3O/c7-5-3-8-6-1-2-10-9(6)4-5/h1-3H,4,7H2. The van der Waals surface area contributed by atoms with Gasteiger partial charge in [-0.25, -0.2) is 4.99 Å². The van der Waals surface area contributed by atoms with Crippen molar-refractivity contribution in [3.63, 3.8) is 0 Å². The van der Waals surface area contributed by atoms with E-state index in [2.05, 4.69) is 4.99 Å². The molecule has 2 N–H and O–H groups in total. The zero-order valence-corrected chi connectivity index (χ0v) is 5.32. The minimum atomic E-state index is 0.603. The Labute approximate surface area is 58.2 Å². The van der Waals surface area contributed by atoms with Crippen LogP contribution in [0.1, 0.15) is 0 Å². The summed E-state index contributed by atoms with van der Waals surface area (Å²) in [7, 11) is 0. The van der Waals surface area contributed by atoms with E-state index >= 15 is 0 Å². The van der Waals surface area contributed by atoms with E-state index in [0.29, 0.717) is 12.2 Å². The van der Waals surface area contributed by atoms with Gasteiger partial charge in [-0.2, -0.15) is 5.06 Å². The van der Waals surface area contributed by atoms with E-state index in [1.54, 1.807) is 23.6 Å². The van der Waals surface area contributed by atoms with Crippen LogP contribution >= 0.6 is 0 Å². The Morgan fingerprint density at radius 2 is 2.60 bits per heavy atom. The van der Waals surface area contributed by atoms with Crippen LogP contribution in [-0.2, 0) is 4.84 Å². The van der Waals surface area contributed by atoms with E-state index < -0.39 is 0 Å². The average molecular weight is 137 g/mol. The summed E-state index contributed by atoms with van der Waals surface area (Å²) < 4.78 is 0. The van der Waals surface area contributed by atoms with E-state index in [1.807, 2.05) is 0 Å². The fourth-order valence-electron chi connectivity index (χ4n) is 0.883. The maximum Gasteiger partial charge on any atom is 0.166 e. The van der Waals surface area contributed by atoms with Crippen LogP contribution in [0, 0.1) is 0 Å². The molecule has 4 heteroatoms. The van der Waals surface area contributed by atoms with E-state index in [9.17, 15) is 0 Å². The van der Waals surface area contributed by atoms with Crippen molar-refractivity contribution in [1.82, 2.24) is 5.06 Å². The third-order valence-corrected chi connectivity index (χ3v) is 1.35. The summed E-state index contributed by atoms with van der Waals surface area (Å²) in [6.45, 7) is 0.603. The number of nitrogens with zero attached hydrogens (tertiary/aromatic N) is 2. The number of fused-ring (bicyclic) bond motifs is 1. The molecule has 10 heavy (non-hydrogen) atoms. The van der Waals surface area contributed by atoms with E-state index in [0.717, 1.165) is 5.84 Å². The molecule has 2 heterocycles. The number of rotatable bonds is 0. The SMILES string of the molecule is NC1=CN=C2C=CON2C1. The second-order valence-corrected chi connectivity index (χ2v) is 2.14. The van der Waals surface area contributed by atoms with Crippen LogP contribution in [0.3, 0.4) is 0 Å². The van der Waals surface area contributed by atoms with Crippen molar-refractivity contribution in [2.45, 2.75) is 0 Å². The highest BCUT2D eigenvalue weighted by molar-refractivity contribution is 5.94. The molecule has 0 aromatic heterocycles. The Hall–Kier alpha value is -1.45. The van der Waals surface area contributed by atoms with Gasteiger partial charge in [0.15, 0.2) is 5.84 Å². The minimum absolute atomic E-state index is 0.603. The molecule has 0 saturated heterocycles. The quantitative estimate of drug-likeness (QED) is 0.509. The molecule has 0 amide bonds. The van der Waals surface area contributed by atoms with Crippen LogP contribution in [0.2, 0.25) is 0 Å². The average Bonchev–Trinajstić information content (AvgIpc) is 2.33. The zero-order chi connectivity index (χ0) is 6.97.